The Bertz CT molecular complexity index is 378. The van der Waals surface area contributed by atoms with Crippen molar-refractivity contribution < 1.29 is 4.39 Å². The third kappa shape index (κ3) is 2.96. The van der Waals surface area contributed by atoms with Gasteiger partial charge in [0.25, 0.3) is 0 Å². The molecule has 0 spiro atoms. The van der Waals surface area contributed by atoms with Crippen molar-refractivity contribution in [2.75, 3.05) is 6.54 Å². The molecule has 0 aromatic heterocycles. The Kier molecular flexibility index (Phi) is 4.22. The Labute approximate surface area is 109 Å². The molecule has 1 aromatic carbocycles. The highest BCUT2D eigenvalue weighted by molar-refractivity contribution is 9.10. The van der Waals surface area contributed by atoms with Crippen molar-refractivity contribution in [3.05, 3.63) is 33.0 Å². The van der Waals surface area contributed by atoms with Gasteiger partial charge in [-0.2, -0.15) is 0 Å². The first-order chi connectivity index (χ1) is 7.66. The van der Waals surface area contributed by atoms with Crippen molar-refractivity contribution >= 4 is 27.5 Å². The number of halogens is 3. The molecule has 1 heterocycles. The zero-order valence-electron chi connectivity index (χ0n) is 8.90. The van der Waals surface area contributed by atoms with Gasteiger partial charge < -0.3 is 5.32 Å². The van der Waals surface area contributed by atoms with Crippen LogP contribution in [0.1, 0.15) is 24.8 Å². The molecule has 16 heavy (non-hydrogen) atoms. The minimum atomic E-state index is -0.346. The first-order valence-electron chi connectivity index (χ1n) is 5.53. The summed E-state index contributed by atoms with van der Waals surface area (Å²) < 4.78 is 14.2. The Hall–Kier alpha value is -0.120. The highest BCUT2D eigenvalue weighted by Gasteiger charge is 2.16. The predicted octanol–water partition coefficient (Wildman–Crippen LogP) is 3.93. The van der Waals surface area contributed by atoms with E-state index in [2.05, 4.69) is 21.2 Å². The zero-order chi connectivity index (χ0) is 11.5. The molecule has 0 aliphatic carbocycles. The number of nitrogens with one attached hydrogen (secondary N) is 1. The molecule has 0 amide bonds. The molecule has 0 radical (unpaired) electrons. The van der Waals surface area contributed by atoms with E-state index in [0.717, 1.165) is 29.4 Å². The first kappa shape index (κ1) is 12.3. The summed E-state index contributed by atoms with van der Waals surface area (Å²) in [5, 5.41) is 3.70. The van der Waals surface area contributed by atoms with Crippen LogP contribution in [0.25, 0.3) is 0 Å². The molecule has 0 saturated carbocycles. The maximum absolute atomic E-state index is 13.4. The molecule has 1 aromatic rings. The van der Waals surface area contributed by atoms with E-state index in [1.165, 1.54) is 18.9 Å². The van der Waals surface area contributed by atoms with E-state index in [-0.39, 0.29) is 10.8 Å². The SMILES string of the molecule is Fc1cc(Br)cc(CC2CCCCN2)c1Cl. The third-order valence-electron chi connectivity index (χ3n) is 2.95. The van der Waals surface area contributed by atoms with Gasteiger partial charge in [0.05, 0.1) is 5.02 Å². The molecule has 88 valence electrons. The molecule has 1 fully saturated rings. The van der Waals surface area contributed by atoms with Gasteiger partial charge in [0, 0.05) is 10.5 Å². The summed E-state index contributed by atoms with van der Waals surface area (Å²) in [5.74, 6) is -0.346. The maximum Gasteiger partial charge on any atom is 0.143 e. The van der Waals surface area contributed by atoms with Gasteiger partial charge in [0.2, 0.25) is 0 Å². The second-order valence-electron chi connectivity index (χ2n) is 4.21. The Balaban J connectivity index is 2.13. The molecule has 1 aliphatic rings. The van der Waals surface area contributed by atoms with Crippen LogP contribution in [0.5, 0.6) is 0 Å². The monoisotopic (exact) mass is 305 g/mol. The average molecular weight is 307 g/mol. The van der Waals surface area contributed by atoms with Gasteiger partial charge in [0.15, 0.2) is 0 Å². The largest absolute Gasteiger partial charge is 0.314 e. The van der Waals surface area contributed by atoms with Crippen LogP contribution in [-0.4, -0.2) is 12.6 Å². The minimum absolute atomic E-state index is 0.260. The predicted molar refractivity (Wildman–Crippen MR) is 68.5 cm³/mol. The van der Waals surface area contributed by atoms with Crippen molar-refractivity contribution in [3.63, 3.8) is 0 Å². The van der Waals surface area contributed by atoms with Crippen LogP contribution < -0.4 is 5.32 Å². The van der Waals surface area contributed by atoms with Gasteiger partial charge >= 0.3 is 0 Å². The van der Waals surface area contributed by atoms with Crippen LogP contribution in [-0.2, 0) is 6.42 Å². The smallest absolute Gasteiger partial charge is 0.143 e. The number of piperidine rings is 1. The Morgan fingerprint density at radius 2 is 2.25 bits per heavy atom. The normalized spacial score (nSPS) is 21.1. The lowest BCUT2D eigenvalue weighted by molar-refractivity contribution is 0.399. The van der Waals surface area contributed by atoms with Crippen molar-refractivity contribution in [2.45, 2.75) is 31.7 Å². The minimum Gasteiger partial charge on any atom is -0.314 e. The summed E-state index contributed by atoms with van der Waals surface area (Å²) in [4.78, 5) is 0. The van der Waals surface area contributed by atoms with E-state index in [1.807, 2.05) is 6.07 Å². The van der Waals surface area contributed by atoms with E-state index in [0.29, 0.717) is 6.04 Å². The fourth-order valence-corrected chi connectivity index (χ4v) is 2.79. The van der Waals surface area contributed by atoms with Crippen LogP contribution in [0, 0.1) is 5.82 Å². The fraction of sp³-hybridized carbons (Fsp3) is 0.500. The van der Waals surface area contributed by atoms with Crippen LogP contribution >= 0.6 is 27.5 Å². The molecule has 1 nitrogen and oxygen atoms in total. The number of rotatable bonds is 2. The van der Waals surface area contributed by atoms with Crippen LogP contribution in [0.3, 0.4) is 0 Å². The Morgan fingerprint density at radius 3 is 2.94 bits per heavy atom. The molecule has 4 heteroatoms. The molecule has 1 N–H and O–H groups in total. The standard InChI is InChI=1S/C12H14BrClFN/c13-9-5-8(12(14)11(15)7-9)6-10-3-1-2-4-16-10/h5,7,10,16H,1-4,6H2. The summed E-state index contributed by atoms with van der Waals surface area (Å²) in [6.45, 7) is 1.05. The average Bonchev–Trinajstić information content (AvgIpc) is 2.27. The van der Waals surface area contributed by atoms with Crippen LogP contribution in [0.15, 0.2) is 16.6 Å². The van der Waals surface area contributed by atoms with E-state index in [4.69, 9.17) is 11.6 Å². The lowest BCUT2D eigenvalue weighted by atomic mass is 9.98. The zero-order valence-corrected chi connectivity index (χ0v) is 11.2. The topological polar surface area (TPSA) is 12.0 Å². The molecule has 1 saturated heterocycles. The lowest BCUT2D eigenvalue weighted by Gasteiger charge is -2.24. The van der Waals surface area contributed by atoms with Gasteiger partial charge in [-0.05, 0) is 43.5 Å². The third-order valence-corrected chi connectivity index (χ3v) is 3.83. The summed E-state index contributed by atoms with van der Waals surface area (Å²) in [5.41, 5.74) is 0.882. The second kappa shape index (κ2) is 5.48. The van der Waals surface area contributed by atoms with Crippen molar-refractivity contribution in [1.82, 2.24) is 5.32 Å². The van der Waals surface area contributed by atoms with Gasteiger partial charge in [-0.1, -0.05) is 34.0 Å². The van der Waals surface area contributed by atoms with Crippen LogP contribution in [0.2, 0.25) is 5.02 Å². The summed E-state index contributed by atoms with van der Waals surface area (Å²) in [6, 6.07) is 3.74. The van der Waals surface area contributed by atoms with Crippen LogP contribution in [0.4, 0.5) is 4.39 Å². The Morgan fingerprint density at radius 1 is 1.44 bits per heavy atom. The van der Waals surface area contributed by atoms with Crippen molar-refractivity contribution in [3.8, 4) is 0 Å². The van der Waals surface area contributed by atoms with Gasteiger partial charge in [-0.3, -0.25) is 0 Å². The molecule has 1 unspecified atom stereocenters. The van der Waals surface area contributed by atoms with E-state index in [1.54, 1.807) is 0 Å². The lowest BCUT2D eigenvalue weighted by Crippen LogP contribution is -2.35. The molecule has 1 atom stereocenters. The summed E-state index contributed by atoms with van der Waals surface area (Å²) >= 11 is 9.25. The van der Waals surface area contributed by atoms with Gasteiger partial charge in [-0.15, -0.1) is 0 Å². The molecule has 0 bridgehead atoms. The van der Waals surface area contributed by atoms with Crippen molar-refractivity contribution in [2.24, 2.45) is 0 Å². The fourth-order valence-electron chi connectivity index (χ4n) is 2.12. The van der Waals surface area contributed by atoms with Crippen molar-refractivity contribution in [1.29, 1.82) is 0 Å². The van der Waals surface area contributed by atoms with E-state index >= 15 is 0 Å². The van der Waals surface area contributed by atoms with E-state index < -0.39 is 0 Å². The summed E-state index contributed by atoms with van der Waals surface area (Å²) in [7, 11) is 0. The molecule has 2 rings (SSSR count). The van der Waals surface area contributed by atoms with Gasteiger partial charge in [-0.25, -0.2) is 4.39 Å². The number of hydrogen-bond acceptors (Lipinski definition) is 1. The number of benzene rings is 1. The number of hydrogen-bond donors (Lipinski definition) is 1. The highest BCUT2D eigenvalue weighted by Crippen LogP contribution is 2.27. The van der Waals surface area contributed by atoms with E-state index in [9.17, 15) is 4.39 Å². The second-order valence-corrected chi connectivity index (χ2v) is 5.51. The highest BCUT2D eigenvalue weighted by atomic mass is 79.9. The first-order valence-corrected chi connectivity index (χ1v) is 6.70. The van der Waals surface area contributed by atoms with Gasteiger partial charge in [0.1, 0.15) is 5.82 Å². The quantitative estimate of drug-likeness (QED) is 0.817. The summed E-state index contributed by atoms with van der Waals surface area (Å²) in [6.07, 6.45) is 4.42. The molecular formula is C12H14BrClFN. The maximum atomic E-state index is 13.4. The molecular weight excluding hydrogens is 292 g/mol. The molecule has 1 aliphatic heterocycles.